The topological polar surface area (TPSA) is 164 Å². The molecule has 1 aliphatic heterocycles. The predicted molar refractivity (Wildman–Crippen MR) is 168 cm³/mol. The summed E-state index contributed by atoms with van der Waals surface area (Å²) in [4.78, 5) is 51.4. The number of anilines is 1. The minimum Gasteiger partial charge on any atom is -0.493 e. The maximum atomic E-state index is 14.3. The number of fused-ring (bicyclic) bond motifs is 1. The molecule has 15 heteroatoms. The normalized spacial score (nSPS) is 16.6. The van der Waals surface area contributed by atoms with Crippen LogP contribution in [0.4, 0.5) is 5.69 Å². The molecule has 13 nitrogen and oxygen atoms in total. The molecule has 2 aromatic carbocycles. The highest BCUT2D eigenvalue weighted by Gasteiger charge is 2.41. The fourth-order valence-corrected chi connectivity index (χ4v) is 6.11. The first-order valence-corrected chi connectivity index (χ1v) is 16.4. The van der Waals surface area contributed by atoms with Crippen molar-refractivity contribution in [3.8, 4) is 11.5 Å². The Balaban J connectivity index is 2.07. The number of carbonyl (C=O) groups is 4. The average molecular weight is 683 g/mol. The third kappa shape index (κ3) is 9.81. The molecule has 0 saturated heterocycles. The fourth-order valence-electron chi connectivity index (χ4n) is 4.90. The highest BCUT2D eigenvalue weighted by Crippen LogP contribution is 2.45. The van der Waals surface area contributed by atoms with Crippen molar-refractivity contribution in [2.24, 2.45) is 5.41 Å². The molecule has 1 N–H and O–H groups in total. The van der Waals surface area contributed by atoms with E-state index in [1.54, 1.807) is 50.2 Å². The number of sulfonamides is 1. The van der Waals surface area contributed by atoms with Gasteiger partial charge in [-0.2, -0.15) is 0 Å². The number of halogens is 1. The van der Waals surface area contributed by atoms with E-state index in [1.165, 1.54) is 33.0 Å². The maximum Gasteiger partial charge on any atom is 0.302 e. The Kier molecular flexibility index (Phi) is 12.4. The molecule has 252 valence electrons. The van der Waals surface area contributed by atoms with E-state index in [1.807, 2.05) is 4.72 Å². The molecule has 3 rings (SSSR count). The molecular formula is C31H39ClN2O11S. The SMILES string of the molecule is COc1cccc([C@H]2O[C@H](CC(=O)NS(=O)(=O)CCCOC(C)=O)C(=O)N(CC(C)(C)COC(C)=O)c3ccc(Cl)cc32)c1OC. The molecule has 0 aliphatic carbocycles. The molecule has 2 atom stereocenters. The quantitative estimate of drug-likeness (QED) is 0.229. The molecule has 0 saturated carbocycles. The van der Waals surface area contributed by atoms with Gasteiger partial charge in [-0.15, -0.1) is 0 Å². The molecule has 2 aromatic rings. The second-order valence-electron chi connectivity index (χ2n) is 11.4. The van der Waals surface area contributed by atoms with Crippen molar-refractivity contribution in [2.45, 2.75) is 52.7 Å². The van der Waals surface area contributed by atoms with Crippen molar-refractivity contribution >= 4 is 51.1 Å². The highest BCUT2D eigenvalue weighted by atomic mass is 35.5. The first-order chi connectivity index (χ1) is 21.6. The van der Waals surface area contributed by atoms with Crippen LogP contribution in [0.25, 0.3) is 0 Å². The molecule has 0 aromatic heterocycles. The standard InChI is InChI=1S/C31H39ClN2O11S/c1-19(35)43-13-8-14-46(39,40)33-27(37)16-26-30(38)34(17-31(3,4)18-44-20(2)36)24-12-11-21(32)15-23(24)28(45-26)22-9-7-10-25(41-5)29(22)42-6/h7,9-12,15,26,28H,8,13-14,16-18H2,1-6H3,(H,33,37)/t26-,28-/m1/s1. The lowest BCUT2D eigenvalue weighted by Gasteiger charge is -2.33. The number of amides is 2. The van der Waals surface area contributed by atoms with Crippen LogP contribution in [0.15, 0.2) is 36.4 Å². The Morgan fingerprint density at radius 3 is 2.35 bits per heavy atom. The third-order valence-electron chi connectivity index (χ3n) is 6.88. The highest BCUT2D eigenvalue weighted by molar-refractivity contribution is 7.90. The van der Waals surface area contributed by atoms with Crippen molar-refractivity contribution in [3.05, 3.63) is 52.5 Å². The minimum absolute atomic E-state index is 0.0141. The zero-order valence-corrected chi connectivity index (χ0v) is 28.2. The van der Waals surface area contributed by atoms with E-state index in [-0.39, 0.29) is 26.2 Å². The van der Waals surface area contributed by atoms with Gasteiger partial charge < -0.3 is 28.6 Å². The predicted octanol–water partition coefficient (Wildman–Crippen LogP) is 3.56. The van der Waals surface area contributed by atoms with Gasteiger partial charge in [0.05, 0.1) is 39.6 Å². The zero-order chi connectivity index (χ0) is 34.2. The lowest BCUT2D eigenvalue weighted by molar-refractivity contribution is -0.144. The van der Waals surface area contributed by atoms with E-state index >= 15 is 0 Å². The molecule has 0 unspecified atom stereocenters. The van der Waals surface area contributed by atoms with Gasteiger partial charge in [-0.05, 0) is 30.7 Å². The Morgan fingerprint density at radius 1 is 1.02 bits per heavy atom. The van der Waals surface area contributed by atoms with Crippen LogP contribution in [0.3, 0.4) is 0 Å². The molecule has 0 bridgehead atoms. The summed E-state index contributed by atoms with van der Waals surface area (Å²) in [7, 11) is -1.22. The van der Waals surface area contributed by atoms with Gasteiger partial charge in [-0.1, -0.05) is 37.6 Å². The van der Waals surface area contributed by atoms with Crippen molar-refractivity contribution in [1.29, 1.82) is 0 Å². The number of nitrogens with zero attached hydrogens (tertiary/aromatic N) is 1. The van der Waals surface area contributed by atoms with Crippen molar-refractivity contribution in [3.63, 3.8) is 0 Å². The Hall–Kier alpha value is -3.88. The molecule has 0 fully saturated rings. The van der Waals surface area contributed by atoms with Gasteiger partial charge in [0.25, 0.3) is 5.91 Å². The number of carbonyl (C=O) groups excluding carboxylic acids is 4. The van der Waals surface area contributed by atoms with Crippen LogP contribution >= 0.6 is 11.6 Å². The molecule has 46 heavy (non-hydrogen) atoms. The average Bonchev–Trinajstić information content (AvgIpc) is 3.07. The van der Waals surface area contributed by atoms with Crippen LogP contribution in [0.5, 0.6) is 11.5 Å². The third-order valence-corrected chi connectivity index (χ3v) is 8.48. The van der Waals surface area contributed by atoms with Crippen LogP contribution in [-0.2, 0) is 43.4 Å². The Labute approximate surface area is 273 Å². The van der Waals surface area contributed by atoms with Gasteiger partial charge >= 0.3 is 11.9 Å². The van der Waals surface area contributed by atoms with E-state index in [2.05, 4.69) is 0 Å². The molecule has 1 aliphatic rings. The van der Waals surface area contributed by atoms with Gasteiger partial charge in [0.2, 0.25) is 15.9 Å². The molecule has 0 spiro atoms. The van der Waals surface area contributed by atoms with Crippen LogP contribution < -0.4 is 19.1 Å². The summed E-state index contributed by atoms with van der Waals surface area (Å²) in [6, 6.07) is 10.00. The number of rotatable bonds is 14. The smallest absolute Gasteiger partial charge is 0.302 e. The van der Waals surface area contributed by atoms with E-state index in [0.29, 0.717) is 33.3 Å². The van der Waals surface area contributed by atoms with E-state index < -0.39 is 63.6 Å². The lowest BCUT2D eigenvalue weighted by atomic mass is 9.92. The van der Waals surface area contributed by atoms with E-state index in [9.17, 15) is 27.6 Å². The summed E-state index contributed by atoms with van der Waals surface area (Å²) < 4.78 is 54.8. The first kappa shape index (κ1) is 36.6. The summed E-state index contributed by atoms with van der Waals surface area (Å²) >= 11 is 6.45. The number of esters is 2. The fraction of sp³-hybridized carbons (Fsp3) is 0.484. The summed E-state index contributed by atoms with van der Waals surface area (Å²) in [5.41, 5.74) is 0.588. The van der Waals surface area contributed by atoms with Crippen LogP contribution in [-0.4, -0.2) is 78.0 Å². The number of para-hydroxylation sites is 1. The van der Waals surface area contributed by atoms with E-state index in [4.69, 9.17) is 35.3 Å². The Bertz CT molecular complexity index is 1560. The lowest BCUT2D eigenvalue weighted by Crippen LogP contribution is -2.47. The number of hydrogen-bond acceptors (Lipinski definition) is 11. The van der Waals surface area contributed by atoms with Gasteiger partial charge in [-0.3, -0.25) is 23.9 Å². The summed E-state index contributed by atoms with van der Waals surface area (Å²) in [5.74, 6) is -2.45. The molecule has 0 radical (unpaired) electrons. The monoisotopic (exact) mass is 682 g/mol. The van der Waals surface area contributed by atoms with Crippen molar-refractivity contribution in [1.82, 2.24) is 4.72 Å². The van der Waals surface area contributed by atoms with E-state index in [0.717, 1.165) is 0 Å². The van der Waals surface area contributed by atoms with Gasteiger partial charge in [-0.25, -0.2) is 8.42 Å². The summed E-state index contributed by atoms with van der Waals surface area (Å²) in [5, 5.41) is 0.344. The van der Waals surface area contributed by atoms with Crippen molar-refractivity contribution in [2.75, 3.05) is 44.6 Å². The second-order valence-corrected chi connectivity index (χ2v) is 13.7. The van der Waals surface area contributed by atoms with Gasteiger partial charge in [0, 0.05) is 47.6 Å². The number of methoxy groups -OCH3 is 2. The number of hydrogen-bond donors (Lipinski definition) is 1. The second kappa shape index (κ2) is 15.6. The van der Waals surface area contributed by atoms with Crippen LogP contribution in [0.1, 0.15) is 57.8 Å². The first-order valence-electron chi connectivity index (χ1n) is 14.3. The number of ether oxygens (including phenoxy) is 5. The maximum absolute atomic E-state index is 14.3. The summed E-state index contributed by atoms with van der Waals surface area (Å²) in [6.45, 7) is 5.96. The van der Waals surface area contributed by atoms with Crippen LogP contribution in [0.2, 0.25) is 5.02 Å². The largest absolute Gasteiger partial charge is 0.493 e. The molecule has 2 amide bonds. The van der Waals surface area contributed by atoms with Crippen LogP contribution in [0, 0.1) is 5.41 Å². The minimum atomic E-state index is -4.13. The van der Waals surface area contributed by atoms with Crippen molar-refractivity contribution < 1.29 is 51.3 Å². The molecule has 1 heterocycles. The molecular weight excluding hydrogens is 644 g/mol. The van der Waals surface area contributed by atoms with Gasteiger partial charge in [0.15, 0.2) is 11.5 Å². The Morgan fingerprint density at radius 2 is 1.72 bits per heavy atom. The number of benzene rings is 2. The summed E-state index contributed by atoms with van der Waals surface area (Å²) in [6.07, 6.45) is -3.21. The zero-order valence-electron chi connectivity index (χ0n) is 26.6. The van der Waals surface area contributed by atoms with Gasteiger partial charge in [0.1, 0.15) is 12.2 Å². The number of nitrogens with one attached hydrogen (secondary N) is 1.